The minimum Gasteiger partial charge on any atom is -0.344 e. The lowest BCUT2D eigenvalue weighted by molar-refractivity contribution is 0.442. The molecule has 4 aliphatic rings. The number of fused-ring (bicyclic) bond motifs is 4. The van der Waals surface area contributed by atoms with Crippen molar-refractivity contribution in [1.29, 1.82) is 0 Å². The Balaban J connectivity index is 1.40. The van der Waals surface area contributed by atoms with Crippen LogP contribution in [0.3, 0.4) is 0 Å². The summed E-state index contributed by atoms with van der Waals surface area (Å²) in [7, 11) is 0. The van der Waals surface area contributed by atoms with Gasteiger partial charge in [0.05, 0.1) is 0 Å². The lowest BCUT2D eigenvalue weighted by Gasteiger charge is -2.50. The fraction of sp³-hybridized carbons (Fsp3) is 0.600. The molecule has 0 amide bonds. The monoisotopic (exact) mass is 484 g/mol. The van der Waals surface area contributed by atoms with E-state index in [1.54, 1.807) is 0 Å². The number of aryl methyl sites for hydroxylation is 2. The standard InChI is InChI=1S/C30H42B2N2S/c1-23-15-19-29(20-16-23)33(31-25-7-3-8-26(31)10-4-9-25)35-34(30-21-17-24(2)18-22-30)32-27-11-5-12-28(32)14-6-13-27/h15-22,25-28H,3-14H2,1-2H3. The molecular weight excluding hydrogens is 442 g/mol. The lowest BCUT2D eigenvalue weighted by Crippen LogP contribution is -2.52. The predicted molar refractivity (Wildman–Crippen MR) is 157 cm³/mol. The van der Waals surface area contributed by atoms with Crippen molar-refractivity contribution in [3.63, 3.8) is 0 Å². The molecule has 0 radical (unpaired) electrons. The number of anilines is 2. The zero-order valence-electron chi connectivity index (χ0n) is 21.9. The minimum atomic E-state index is 0.668. The van der Waals surface area contributed by atoms with Crippen LogP contribution in [0, 0.1) is 13.8 Å². The predicted octanol–water partition coefficient (Wildman–Crippen LogP) is 9.38. The molecular formula is C30H42B2N2S. The van der Waals surface area contributed by atoms with Gasteiger partial charge in [-0.05, 0) is 61.4 Å². The molecule has 0 atom stereocenters. The minimum absolute atomic E-state index is 0.668. The second kappa shape index (κ2) is 10.5. The number of hydrogen-bond acceptors (Lipinski definition) is 3. The van der Waals surface area contributed by atoms with Gasteiger partial charge in [-0.2, -0.15) is 0 Å². The maximum atomic E-state index is 2.82. The molecule has 0 saturated carbocycles. The van der Waals surface area contributed by atoms with Crippen molar-refractivity contribution in [1.82, 2.24) is 0 Å². The van der Waals surface area contributed by atoms with Crippen LogP contribution in [-0.4, -0.2) is 13.7 Å². The number of rotatable bonds is 6. The van der Waals surface area contributed by atoms with E-state index in [0.29, 0.717) is 13.7 Å². The maximum absolute atomic E-state index is 2.82. The molecule has 35 heavy (non-hydrogen) atoms. The molecule has 0 aliphatic carbocycles. The first kappa shape index (κ1) is 23.9. The molecule has 4 heterocycles. The van der Waals surface area contributed by atoms with Gasteiger partial charge in [0.1, 0.15) is 0 Å². The van der Waals surface area contributed by atoms with E-state index < -0.39 is 0 Å². The van der Waals surface area contributed by atoms with Crippen LogP contribution in [0.5, 0.6) is 0 Å². The third kappa shape index (κ3) is 4.91. The Kier molecular flexibility index (Phi) is 7.15. The Bertz CT molecular complexity index is 857. The van der Waals surface area contributed by atoms with E-state index in [9.17, 15) is 0 Å². The molecule has 4 aliphatic heterocycles. The van der Waals surface area contributed by atoms with Crippen LogP contribution in [0.4, 0.5) is 11.4 Å². The van der Waals surface area contributed by atoms with Crippen molar-refractivity contribution in [2.75, 3.05) is 8.43 Å². The number of nitrogens with zero attached hydrogens (tertiary/aromatic N) is 2. The van der Waals surface area contributed by atoms with Crippen LogP contribution in [0.15, 0.2) is 48.5 Å². The van der Waals surface area contributed by atoms with Crippen LogP contribution < -0.4 is 8.43 Å². The highest BCUT2D eigenvalue weighted by Crippen LogP contribution is 2.54. The fourth-order valence-corrected chi connectivity index (χ4v) is 9.60. The van der Waals surface area contributed by atoms with Gasteiger partial charge in [0, 0.05) is 23.5 Å². The molecule has 6 rings (SSSR count). The Morgan fingerprint density at radius 2 is 0.800 bits per heavy atom. The Morgan fingerprint density at radius 3 is 1.09 bits per heavy atom. The summed E-state index contributed by atoms with van der Waals surface area (Å²) in [6.45, 7) is 5.78. The molecule has 2 nitrogen and oxygen atoms in total. The maximum Gasteiger partial charge on any atom is 0.276 e. The van der Waals surface area contributed by atoms with Gasteiger partial charge < -0.3 is 8.43 Å². The zero-order valence-corrected chi connectivity index (χ0v) is 22.7. The molecule has 2 aromatic carbocycles. The highest BCUT2D eigenvalue weighted by Gasteiger charge is 2.48. The summed E-state index contributed by atoms with van der Waals surface area (Å²) in [5, 5.41) is 0. The van der Waals surface area contributed by atoms with E-state index in [1.165, 1.54) is 99.6 Å². The van der Waals surface area contributed by atoms with Gasteiger partial charge >= 0.3 is 0 Å². The Morgan fingerprint density at radius 1 is 0.514 bits per heavy atom. The molecule has 4 bridgehead atoms. The van der Waals surface area contributed by atoms with Crippen molar-refractivity contribution >= 4 is 37.2 Å². The van der Waals surface area contributed by atoms with Crippen molar-refractivity contribution in [3.8, 4) is 0 Å². The average Bonchev–Trinajstić information content (AvgIpc) is 2.85. The van der Waals surface area contributed by atoms with E-state index in [1.807, 2.05) is 0 Å². The van der Waals surface area contributed by atoms with Gasteiger partial charge in [0.25, 0.3) is 13.7 Å². The smallest absolute Gasteiger partial charge is 0.276 e. The molecule has 0 unspecified atom stereocenters. The lowest BCUT2D eigenvalue weighted by atomic mass is 9.34. The number of benzene rings is 2. The Hall–Kier alpha value is -1.48. The summed E-state index contributed by atoms with van der Waals surface area (Å²) < 4.78 is 5.63. The van der Waals surface area contributed by atoms with E-state index in [4.69, 9.17) is 0 Å². The van der Waals surface area contributed by atoms with Gasteiger partial charge in [-0.3, -0.25) is 0 Å². The van der Waals surface area contributed by atoms with Gasteiger partial charge in [-0.1, -0.05) is 112 Å². The first-order valence-electron chi connectivity index (χ1n) is 14.6. The molecule has 0 N–H and O–H groups in total. The molecule has 0 aromatic heterocycles. The summed E-state index contributed by atoms with van der Waals surface area (Å²) in [4.78, 5) is 0. The van der Waals surface area contributed by atoms with Crippen LogP contribution in [0.1, 0.15) is 88.2 Å². The van der Waals surface area contributed by atoms with E-state index in [0.717, 1.165) is 23.3 Å². The van der Waals surface area contributed by atoms with E-state index >= 15 is 0 Å². The highest BCUT2D eigenvalue weighted by atomic mass is 32.2. The third-order valence-electron chi connectivity index (χ3n) is 9.83. The van der Waals surface area contributed by atoms with Gasteiger partial charge in [0.15, 0.2) is 0 Å². The number of hydrogen-bond donors (Lipinski definition) is 0. The SMILES string of the molecule is Cc1ccc(N(SN(B2C3CCCC2CCC3)c2ccc(C)cc2)B2C3CCCC2CCC3)cc1. The van der Waals surface area contributed by atoms with Gasteiger partial charge in [-0.25, -0.2) is 0 Å². The summed E-state index contributed by atoms with van der Waals surface area (Å²) in [6, 6.07) is 18.9. The largest absolute Gasteiger partial charge is 0.344 e. The molecule has 4 saturated heterocycles. The summed E-state index contributed by atoms with van der Waals surface area (Å²) in [5.74, 6) is 3.40. The molecule has 5 heteroatoms. The van der Waals surface area contributed by atoms with E-state index in [2.05, 4.69) is 82.9 Å². The normalized spacial score (nSPS) is 28.1. The van der Waals surface area contributed by atoms with Crippen molar-refractivity contribution < 1.29 is 0 Å². The Labute approximate surface area is 219 Å². The van der Waals surface area contributed by atoms with Crippen molar-refractivity contribution in [3.05, 3.63) is 59.7 Å². The molecule has 0 spiro atoms. The van der Waals surface area contributed by atoms with Crippen molar-refractivity contribution in [2.45, 2.75) is 114 Å². The first-order chi connectivity index (χ1) is 17.2. The second-order valence-electron chi connectivity index (χ2n) is 12.1. The quantitative estimate of drug-likeness (QED) is 0.298. The first-order valence-corrected chi connectivity index (χ1v) is 15.3. The van der Waals surface area contributed by atoms with Gasteiger partial charge in [-0.15, -0.1) is 0 Å². The zero-order chi connectivity index (χ0) is 23.8. The summed E-state index contributed by atoms with van der Waals surface area (Å²) in [5.41, 5.74) is 5.56. The fourth-order valence-electron chi connectivity index (χ4n) is 8.07. The molecule has 184 valence electrons. The average molecular weight is 484 g/mol. The van der Waals surface area contributed by atoms with Crippen LogP contribution in [-0.2, 0) is 0 Å². The third-order valence-corrected chi connectivity index (χ3v) is 11.1. The summed E-state index contributed by atoms with van der Waals surface area (Å²) in [6.07, 6.45) is 17.1. The van der Waals surface area contributed by atoms with Crippen molar-refractivity contribution in [2.24, 2.45) is 0 Å². The van der Waals surface area contributed by atoms with Crippen LogP contribution >= 0.6 is 12.1 Å². The highest BCUT2D eigenvalue weighted by molar-refractivity contribution is 8.04. The molecule has 2 aromatic rings. The molecule has 4 fully saturated rings. The topological polar surface area (TPSA) is 6.48 Å². The second-order valence-corrected chi connectivity index (χ2v) is 13.1. The van der Waals surface area contributed by atoms with Gasteiger partial charge in [0.2, 0.25) is 0 Å². The van der Waals surface area contributed by atoms with Crippen LogP contribution in [0.25, 0.3) is 0 Å². The summed E-state index contributed by atoms with van der Waals surface area (Å²) >= 11 is 2.10. The van der Waals surface area contributed by atoms with E-state index in [-0.39, 0.29) is 0 Å². The van der Waals surface area contributed by atoms with Crippen LogP contribution in [0.2, 0.25) is 23.3 Å².